The van der Waals surface area contributed by atoms with Crippen molar-refractivity contribution < 1.29 is 9.53 Å². The Bertz CT molecular complexity index is 957. The first-order valence-corrected chi connectivity index (χ1v) is 10.6. The Morgan fingerprint density at radius 1 is 1.23 bits per heavy atom. The number of amidine groups is 1. The maximum atomic E-state index is 13.0. The van der Waals surface area contributed by atoms with Crippen LogP contribution in [0.25, 0.3) is 5.69 Å². The van der Waals surface area contributed by atoms with Crippen LogP contribution in [0, 0.1) is 18.3 Å². The third kappa shape index (κ3) is 5.97. The SMILES string of the molecule is Cc1nn(-c2ccc(C(=N)N)cc2)c(=O)n1[C@H]1CC[C@@H](CCC(=O)OC(C)C)CC1.Cl. The second-order valence-electron chi connectivity index (χ2n) is 8.32. The molecule has 1 aliphatic carbocycles. The quantitative estimate of drug-likeness (QED) is 0.381. The minimum absolute atomic E-state index is 0. The summed E-state index contributed by atoms with van der Waals surface area (Å²) >= 11 is 0. The van der Waals surface area contributed by atoms with Gasteiger partial charge in [-0.05, 0) is 83.1 Å². The van der Waals surface area contributed by atoms with Gasteiger partial charge in [0.15, 0.2) is 0 Å². The molecule has 3 N–H and O–H groups in total. The summed E-state index contributed by atoms with van der Waals surface area (Å²) in [6.45, 7) is 5.58. The van der Waals surface area contributed by atoms with Crippen LogP contribution in [0.5, 0.6) is 0 Å². The number of esters is 1. The molecule has 1 saturated carbocycles. The van der Waals surface area contributed by atoms with E-state index in [2.05, 4.69) is 5.10 Å². The van der Waals surface area contributed by atoms with Crippen molar-refractivity contribution >= 4 is 24.2 Å². The second-order valence-corrected chi connectivity index (χ2v) is 8.32. The van der Waals surface area contributed by atoms with Crippen molar-refractivity contribution in [3.8, 4) is 5.69 Å². The van der Waals surface area contributed by atoms with Gasteiger partial charge >= 0.3 is 11.7 Å². The monoisotopic (exact) mass is 449 g/mol. The predicted octanol–water partition coefficient (Wildman–Crippen LogP) is 3.51. The van der Waals surface area contributed by atoms with Gasteiger partial charge in [0, 0.05) is 18.0 Å². The van der Waals surface area contributed by atoms with Crippen LogP contribution in [0.3, 0.4) is 0 Å². The van der Waals surface area contributed by atoms with Gasteiger partial charge in [-0.1, -0.05) is 0 Å². The highest BCUT2D eigenvalue weighted by molar-refractivity contribution is 5.95. The molecule has 3 rings (SSSR count). The van der Waals surface area contributed by atoms with Crippen molar-refractivity contribution in [3.63, 3.8) is 0 Å². The lowest BCUT2D eigenvalue weighted by Gasteiger charge is -2.29. The van der Waals surface area contributed by atoms with Crippen LogP contribution in [0.2, 0.25) is 0 Å². The number of benzene rings is 1. The van der Waals surface area contributed by atoms with Crippen molar-refractivity contribution in [1.29, 1.82) is 5.41 Å². The molecule has 1 aliphatic rings. The molecule has 1 aromatic carbocycles. The molecule has 0 aliphatic heterocycles. The van der Waals surface area contributed by atoms with Crippen molar-refractivity contribution in [3.05, 3.63) is 46.1 Å². The molecule has 1 fully saturated rings. The van der Waals surface area contributed by atoms with E-state index in [0.29, 0.717) is 29.4 Å². The first-order valence-electron chi connectivity index (χ1n) is 10.6. The number of nitrogens with two attached hydrogens (primary N) is 1. The lowest BCUT2D eigenvalue weighted by molar-refractivity contribution is -0.147. The molecular formula is C22H32ClN5O3. The van der Waals surface area contributed by atoms with E-state index in [1.807, 2.05) is 20.8 Å². The van der Waals surface area contributed by atoms with E-state index in [9.17, 15) is 9.59 Å². The van der Waals surface area contributed by atoms with E-state index < -0.39 is 0 Å². The highest BCUT2D eigenvalue weighted by Gasteiger charge is 2.26. The Kier molecular flexibility index (Phi) is 8.44. The number of carbonyl (C=O) groups excluding carboxylic acids is 1. The molecule has 2 aromatic rings. The van der Waals surface area contributed by atoms with Crippen LogP contribution in [0.15, 0.2) is 29.1 Å². The number of carbonyl (C=O) groups is 1. The van der Waals surface area contributed by atoms with Gasteiger partial charge in [-0.3, -0.25) is 14.8 Å². The number of nitrogens with one attached hydrogen (secondary N) is 1. The largest absolute Gasteiger partial charge is 0.463 e. The summed E-state index contributed by atoms with van der Waals surface area (Å²) in [6.07, 6.45) is 5.01. The summed E-state index contributed by atoms with van der Waals surface area (Å²) in [5.41, 5.74) is 6.62. The summed E-state index contributed by atoms with van der Waals surface area (Å²) in [5.74, 6) is 1.05. The molecule has 31 heavy (non-hydrogen) atoms. The minimum Gasteiger partial charge on any atom is -0.463 e. The summed E-state index contributed by atoms with van der Waals surface area (Å²) in [6, 6.07) is 7.06. The number of hydrogen-bond donors (Lipinski definition) is 2. The molecule has 0 unspecified atom stereocenters. The van der Waals surface area contributed by atoms with Gasteiger partial charge in [-0.25, -0.2) is 4.79 Å². The van der Waals surface area contributed by atoms with Crippen molar-refractivity contribution in [2.75, 3.05) is 0 Å². The number of nitrogen functional groups attached to an aromatic ring is 1. The molecule has 9 heteroatoms. The first kappa shape index (κ1) is 24.7. The number of nitrogens with zero attached hydrogens (tertiary/aromatic N) is 3. The zero-order valence-electron chi connectivity index (χ0n) is 18.3. The maximum Gasteiger partial charge on any atom is 0.350 e. The van der Waals surface area contributed by atoms with E-state index in [-0.39, 0.29) is 42.0 Å². The zero-order valence-corrected chi connectivity index (χ0v) is 19.2. The van der Waals surface area contributed by atoms with Crippen LogP contribution in [-0.2, 0) is 9.53 Å². The Morgan fingerprint density at radius 2 is 1.84 bits per heavy atom. The first-order chi connectivity index (χ1) is 14.3. The molecule has 0 bridgehead atoms. The van der Waals surface area contributed by atoms with Crippen molar-refractivity contribution in [2.24, 2.45) is 11.7 Å². The average molecular weight is 450 g/mol. The third-order valence-corrected chi connectivity index (χ3v) is 5.71. The molecule has 8 nitrogen and oxygen atoms in total. The standard InChI is InChI=1S/C22H31N5O3.ClH/c1-14(2)30-20(28)13-6-16-4-9-18(10-5-16)26-15(3)25-27(22(26)29)19-11-7-17(8-12-19)21(23)24;/h7-8,11-12,14,16,18H,4-6,9-10,13H2,1-3H3,(H3,23,24);1H/t16-,18+;. The van der Waals surface area contributed by atoms with Gasteiger partial charge in [0.1, 0.15) is 11.7 Å². The summed E-state index contributed by atoms with van der Waals surface area (Å²) < 4.78 is 8.42. The van der Waals surface area contributed by atoms with Crippen LogP contribution >= 0.6 is 12.4 Å². The lowest BCUT2D eigenvalue weighted by Crippen LogP contribution is -2.30. The number of halogens is 1. The molecule has 1 aromatic heterocycles. The van der Waals surface area contributed by atoms with E-state index in [1.54, 1.807) is 28.8 Å². The van der Waals surface area contributed by atoms with E-state index in [1.165, 1.54) is 4.68 Å². The predicted molar refractivity (Wildman–Crippen MR) is 122 cm³/mol. The fourth-order valence-electron chi connectivity index (χ4n) is 4.18. The maximum absolute atomic E-state index is 13.0. The average Bonchev–Trinajstić information content (AvgIpc) is 3.00. The summed E-state index contributed by atoms with van der Waals surface area (Å²) in [7, 11) is 0. The van der Waals surface area contributed by atoms with Gasteiger partial charge in [0.2, 0.25) is 0 Å². The minimum atomic E-state index is -0.146. The van der Waals surface area contributed by atoms with Gasteiger partial charge in [-0.2, -0.15) is 9.78 Å². The topological polar surface area (TPSA) is 116 Å². The van der Waals surface area contributed by atoms with Crippen LogP contribution < -0.4 is 11.4 Å². The lowest BCUT2D eigenvalue weighted by atomic mass is 9.83. The highest BCUT2D eigenvalue weighted by atomic mass is 35.5. The van der Waals surface area contributed by atoms with E-state index in [4.69, 9.17) is 15.9 Å². The summed E-state index contributed by atoms with van der Waals surface area (Å²) in [5, 5.41) is 11.9. The third-order valence-electron chi connectivity index (χ3n) is 5.71. The summed E-state index contributed by atoms with van der Waals surface area (Å²) in [4.78, 5) is 24.8. The van der Waals surface area contributed by atoms with E-state index in [0.717, 1.165) is 32.1 Å². The smallest absolute Gasteiger partial charge is 0.350 e. The Morgan fingerprint density at radius 3 is 2.39 bits per heavy atom. The number of rotatable bonds is 7. The number of ether oxygens (including phenoxy) is 1. The number of aryl methyl sites for hydroxylation is 1. The van der Waals surface area contributed by atoms with Crippen molar-refractivity contribution in [2.45, 2.75) is 71.4 Å². The van der Waals surface area contributed by atoms with Crippen LogP contribution in [0.1, 0.15) is 69.8 Å². The van der Waals surface area contributed by atoms with Gasteiger partial charge in [0.05, 0.1) is 11.8 Å². The zero-order chi connectivity index (χ0) is 21.8. The van der Waals surface area contributed by atoms with Crippen LogP contribution in [0.4, 0.5) is 0 Å². The highest BCUT2D eigenvalue weighted by Crippen LogP contribution is 2.34. The number of aromatic nitrogens is 3. The number of hydrogen-bond acceptors (Lipinski definition) is 5. The molecule has 0 radical (unpaired) electrons. The molecule has 170 valence electrons. The molecule has 0 spiro atoms. The fraction of sp³-hybridized carbons (Fsp3) is 0.545. The van der Waals surface area contributed by atoms with Gasteiger partial charge in [-0.15, -0.1) is 12.4 Å². The van der Waals surface area contributed by atoms with Crippen LogP contribution in [-0.4, -0.2) is 32.3 Å². The molecule has 0 atom stereocenters. The van der Waals surface area contributed by atoms with Gasteiger partial charge in [0.25, 0.3) is 0 Å². The Balaban J connectivity index is 0.00000341. The fourth-order valence-corrected chi connectivity index (χ4v) is 4.18. The molecule has 0 saturated heterocycles. The Hall–Kier alpha value is -2.61. The normalized spacial score (nSPS) is 18.5. The Labute approximate surface area is 188 Å². The molecular weight excluding hydrogens is 418 g/mol. The second kappa shape index (κ2) is 10.6. The van der Waals surface area contributed by atoms with Crippen molar-refractivity contribution in [1.82, 2.24) is 14.3 Å². The molecule has 1 heterocycles. The van der Waals surface area contributed by atoms with Gasteiger partial charge < -0.3 is 10.5 Å². The molecule has 0 amide bonds. The van der Waals surface area contributed by atoms with E-state index >= 15 is 0 Å².